The quantitative estimate of drug-likeness (QED) is 0.353. The summed E-state index contributed by atoms with van der Waals surface area (Å²) in [6.45, 7) is 6.76. The van der Waals surface area contributed by atoms with E-state index in [9.17, 15) is 14.4 Å². The summed E-state index contributed by atoms with van der Waals surface area (Å²) < 4.78 is 0. The molecule has 0 saturated carbocycles. The highest BCUT2D eigenvalue weighted by atomic mass is 35.5. The monoisotopic (exact) mass is 521 g/mol. The van der Waals surface area contributed by atoms with E-state index in [1.807, 2.05) is 13.8 Å². The van der Waals surface area contributed by atoms with Crippen LogP contribution in [0.2, 0.25) is 5.02 Å². The molecule has 4 rings (SSSR count). The third-order valence-electron chi connectivity index (χ3n) is 6.35. The van der Waals surface area contributed by atoms with Crippen LogP contribution >= 0.6 is 11.6 Å². The summed E-state index contributed by atoms with van der Waals surface area (Å²) >= 11 is 6.12. The summed E-state index contributed by atoms with van der Waals surface area (Å²) in [7, 11) is 0. The van der Waals surface area contributed by atoms with E-state index in [-0.39, 0.29) is 29.5 Å². The van der Waals surface area contributed by atoms with Crippen molar-refractivity contribution >= 4 is 34.9 Å². The first-order valence-electron chi connectivity index (χ1n) is 12.5. The number of rotatable bonds is 9. The van der Waals surface area contributed by atoms with Crippen molar-refractivity contribution in [3.8, 4) is 0 Å². The molecular formula is C28H32ClN5O3. The molecule has 0 unspecified atom stereocenters. The molecule has 194 valence electrons. The number of nitrogens with zero attached hydrogens (tertiary/aromatic N) is 2. The number of anilines is 1. The number of aromatic nitrogens is 2. The Morgan fingerprint density at radius 3 is 2.41 bits per heavy atom. The van der Waals surface area contributed by atoms with Crippen LogP contribution < -0.4 is 10.6 Å². The van der Waals surface area contributed by atoms with Gasteiger partial charge in [0, 0.05) is 29.8 Å². The van der Waals surface area contributed by atoms with E-state index in [1.54, 1.807) is 48.5 Å². The van der Waals surface area contributed by atoms with E-state index < -0.39 is 11.4 Å². The second-order valence-corrected chi connectivity index (χ2v) is 10.4. The molecule has 37 heavy (non-hydrogen) atoms. The van der Waals surface area contributed by atoms with Crippen molar-refractivity contribution in [3.63, 3.8) is 0 Å². The van der Waals surface area contributed by atoms with Crippen LogP contribution in [0, 0.1) is 0 Å². The van der Waals surface area contributed by atoms with Gasteiger partial charge in [-0.05, 0) is 69.6 Å². The van der Waals surface area contributed by atoms with Gasteiger partial charge in [-0.1, -0.05) is 42.3 Å². The van der Waals surface area contributed by atoms with Gasteiger partial charge in [-0.25, -0.2) is 4.98 Å². The van der Waals surface area contributed by atoms with Gasteiger partial charge in [0.15, 0.2) is 11.5 Å². The number of hydrogen-bond donors (Lipinski definition) is 3. The number of ketones is 1. The minimum absolute atomic E-state index is 0.0178. The van der Waals surface area contributed by atoms with Gasteiger partial charge in [0.25, 0.3) is 11.8 Å². The fraction of sp³-hybridized carbons (Fsp3) is 0.357. The lowest BCUT2D eigenvalue weighted by molar-refractivity contribution is 0.0865. The van der Waals surface area contributed by atoms with Crippen molar-refractivity contribution in [2.24, 2.45) is 0 Å². The highest BCUT2D eigenvalue weighted by Crippen LogP contribution is 2.19. The maximum absolute atomic E-state index is 13.0. The topological polar surface area (TPSA) is 107 Å². The first-order valence-corrected chi connectivity index (χ1v) is 12.9. The van der Waals surface area contributed by atoms with E-state index in [1.165, 1.54) is 25.6 Å². The maximum Gasteiger partial charge on any atom is 0.276 e. The number of likely N-dealkylation sites (tertiary alicyclic amines) is 1. The zero-order chi connectivity index (χ0) is 26.4. The molecule has 0 atom stereocenters. The Morgan fingerprint density at radius 2 is 1.70 bits per heavy atom. The van der Waals surface area contributed by atoms with Crippen molar-refractivity contribution in [3.05, 3.63) is 82.4 Å². The largest absolute Gasteiger partial charge is 0.345 e. The number of carbonyl (C=O) groups is 3. The number of nitrogens with one attached hydrogen (secondary N) is 3. The third-order valence-corrected chi connectivity index (χ3v) is 6.68. The number of amides is 2. The molecule has 1 aliphatic heterocycles. The zero-order valence-corrected chi connectivity index (χ0v) is 21.9. The number of H-pyrrole nitrogens is 1. The number of imidazole rings is 1. The minimum atomic E-state index is -0.500. The van der Waals surface area contributed by atoms with Gasteiger partial charge < -0.3 is 20.5 Å². The lowest BCUT2D eigenvalue weighted by atomic mass is 10.0. The number of piperidine rings is 1. The van der Waals surface area contributed by atoms with Crippen molar-refractivity contribution < 1.29 is 14.4 Å². The predicted octanol–water partition coefficient (Wildman–Crippen LogP) is 4.74. The molecule has 1 fully saturated rings. The molecule has 2 amide bonds. The summed E-state index contributed by atoms with van der Waals surface area (Å²) in [5.41, 5.74) is 1.46. The van der Waals surface area contributed by atoms with E-state index in [2.05, 4.69) is 25.5 Å². The van der Waals surface area contributed by atoms with Gasteiger partial charge in [-0.15, -0.1) is 0 Å². The second-order valence-electron chi connectivity index (χ2n) is 10.0. The Bertz CT molecular complexity index is 1260. The van der Waals surface area contributed by atoms with E-state index in [0.29, 0.717) is 16.3 Å². The molecule has 0 aliphatic carbocycles. The van der Waals surface area contributed by atoms with E-state index in [4.69, 9.17) is 11.6 Å². The molecular weight excluding hydrogens is 490 g/mol. The van der Waals surface area contributed by atoms with Crippen molar-refractivity contribution in [1.82, 2.24) is 20.2 Å². The smallest absolute Gasteiger partial charge is 0.276 e. The van der Waals surface area contributed by atoms with Gasteiger partial charge in [0.1, 0.15) is 5.69 Å². The lowest BCUT2D eigenvalue weighted by Crippen LogP contribution is -2.52. The first kappa shape index (κ1) is 26.6. The molecule has 0 spiro atoms. The van der Waals surface area contributed by atoms with Crippen LogP contribution in [0.5, 0.6) is 0 Å². The van der Waals surface area contributed by atoms with Crippen LogP contribution in [0.3, 0.4) is 0 Å². The van der Waals surface area contributed by atoms with Crippen molar-refractivity contribution in [1.29, 1.82) is 0 Å². The van der Waals surface area contributed by atoms with Crippen LogP contribution in [-0.4, -0.2) is 57.6 Å². The van der Waals surface area contributed by atoms with Crippen LogP contribution in [0.4, 0.5) is 5.69 Å². The summed E-state index contributed by atoms with van der Waals surface area (Å²) in [5.74, 6) is -0.962. The molecule has 1 aromatic heterocycles. The second kappa shape index (κ2) is 11.7. The Morgan fingerprint density at radius 1 is 1.00 bits per heavy atom. The Labute approximate surface area is 221 Å². The van der Waals surface area contributed by atoms with Gasteiger partial charge in [-0.3, -0.25) is 14.4 Å². The molecule has 8 nitrogen and oxygen atoms in total. The maximum atomic E-state index is 13.0. The fourth-order valence-corrected chi connectivity index (χ4v) is 4.83. The fourth-order valence-electron chi connectivity index (χ4n) is 4.59. The normalized spacial score (nSPS) is 14.2. The number of carbonyl (C=O) groups excluding carboxylic acids is 3. The van der Waals surface area contributed by atoms with Gasteiger partial charge in [0.2, 0.25) is 0 Å². The van der Waals surface area contributed by atoms with Gasteiger partial charge in [0.05, 0.1) is 11.3 Å². The Balaban J connectivity index is 1.36. The number of Topliss-reactive ketones (excluding diaryl/α,β-unsaturated/α-hetero) is 1. The van der Waals surface area contributed by atoms with Crippen LogP contribution in [0.15, 0.2) is 54.9 Å². The van der Waals surface area contributed by atoms with Crippen molar-refractivity contribution in [2.75, 3.05) is 25.0 Å². The highest BCUT2D eigenvalue weighted by molar-refractivity contribution is 6.34. The van der Waals surface area contributed by atoms with Crippen LogP contribution in [0.25, 0.3) is 0 Å². The summed E-state index contributed by atoms with van der Waals surface area (Å²) in [6.07, 6.45) is 5.13. The SMILES string of the molecule is CC(C)(CN1CCCCC1)NC(=O)c1[nH]cnc1C(=O)Nc1ccc(CC(=O)c2ccccc2Cl)cc1. The van der Waals surface area contributed by atoms with Crippen LogP contribution in [0.1, 0.15) is 70.0 Å². The molecule has 3 N–H and O–H groups in total. The molecule has 0 bridgehead atoms. The van der Waals surface area contributed by atoms with Gasteiger partial charge >= 0.3 is 0 Å². The number of halogens is 1. The number of benzene rings is 2. The standard InChI is InChI=1S/C28H32ClN5O3/c1-28(2,17-34-14-6-3-7-15-34)33-27(37)25-24(30-18-31-25)26(36)32-20-12-10-19(11-13-20)16-23(35)21-8-4-5-9-22(21)29/h4-5,8-13,18H,3,6-7,14-17H2,1-2H3,(H,30,31)(H,32,36)(H,33,37). The summed E-state index contributed by atoms with van der Waals surface area (Å²) in [6, 6.07) is 13.9. The number of hydrogen-bond acceptors (Lipinski definition) is 5. The number of aromatic amines is 1. The average Bonchev–Trinajstić information content (AvgIpc) is 3.36. The Hall–Kier alpha value is -3.49. The summed E-state index contributed by atoms with van der Waals surface area (Å²) in [5, 5.41) is 6.23. The predicted molar refractivity (Wildman–Crippen MR) is 144 cm³/mol. The van der Waals surface area contributed by atoms with E-state index >= 15 is 0 Å². The minimum Gasteiger partial charge on any atom is -0.345 e. The lowest BCUT2D eigenvalue weighted by Gasteiger charge is -2.35. The molecule has 1 saturated heterocycles. The molecule has 0 radical (unpaired) electrons. The third kappa shape index (κ3) is 7.05. The molecule has 2 heterocycles. The Kier molecular flexibility index (Phi) is 8.41. The van der Waals surface area contributed by atoms with E-state index in [0.717, 1.165) is 25.2 Å². The molecule has 2 aromatic carbocycles. The molecule has 3 aromatic rings. The molecule has 1 aliphatic rings. The molecule has 9 heteroatoms. The van der Waals surface area contributed by atoms with Crippen LogP contribution in [-0.2, 0) is 6.42 Å². The van der Waals surface area contributed by atoms with Crippen molar-refractivity contribution in [2.45, 2.75) is 45.1 Å². The first-order chi connectivity index (χ1) is 17.7. The van der Waals surface area contributed by atoms with Gasteiger partial charge in [-0.2, -0.15) is 0 Å². The average molecular weight is 522 g/mol. The summed E-state index contributed by atoms with van der Waals surface area (Å²) in [4.78, 5) is 47.7. The zero-order valence-electron chi connectivity index (χ0n) is 21.1. The highest BCUT2D eigenvalue weighted by Gasteiger charge is 2.28.